The minimum Gasteiger partial charge on any atom is -0.472 e. The Labute approximate surface area is 143 Å². The number of nitrogens with zero attached hydrogens (tertiary/aromatic N) is 2. The van der Waals surface area contributed by atoms with Crippen LogP contribution in [0.2, 0.25) is 0 Å². The van der Waals surface area contributed by atoms with Gasteiger partial charge in [-0.25, -0.2) is 0 Å². The van der Waals surface area contributed by atoms with Gasteiger partial charge in [0.25, 0.3) is 0 Å². The van der Waals surface area contributed by atoms with Crippen molar-refractivity contribution >= 4 is 5.91 Å². The molecule has 2 atom stereocenters. The summed E-state index contributed by atoms with van der Waals surface area (Å²) in [6.07, 6.45) is 5.59. The van der Waals surface area contributed by atoms with Gasteiger partial charge in [0, 0.05) is 44.2 Å². The molecule has 4 rings (SSSR count). The third kappa shape index (κ3) is 3.39. The lowest BCUT2D eigenvalue weighted by atomic mass is 10.1. The quantitative estimate of drug-likeness (QED) is 0.867. The Balaban J connectivity index is 1.32. The molecular formula is C20H24N2O2. The highest BCUT2D eigenvalue weighted by Gasteiger charge is 2.45. The maximum atomic E-state index is 12.8. The number of benzene rings is 1. The van der Waals surface area contributed by atoms with E-state index in [-0.39, 0.29) is 5.92 Å². The second-order valence-corrected chi connectivity index (χ2v) is 6.95. The van der Waals surface area contributed by atoms with Gasteiger partial charge in [0.05, 0.1) is 12.5 Å². The van der Waals surface area contributed by atoms with Crippen molar-refractivity contribution in [3.63, 3.8) is 0 Å². The average Bonchev–Trinajstić information content (AvgIpc) is 3.32. The van der Waals surface area contributed by atoms with Gasteiger partial charge in [-0.2, -0.15) is 0 Å². The molecule has 2 aliphatic rings. The first-order valence-corrected chi connectivity index (χ1v) is 8.88. The molecule has 0 N–H and O–H groups in total. The average molecular weight is 324 g/mol. The second-order valence-electron chi connectivity index (χ2n) is 6.95. The number of carbonyl (C=O) groups excluding carboxylic acids is 1. The molecule has 2 heterocycles. The Morgan fingerprint density at radius 1 is 1.08 bits per heavy atom. The van der Waals surface area contributed by atoms with Crippen LogP contribution in [-0.4, -0.2) is 41.9 Å². The summed E-state index contributed by atoms with van der Waals surface area (Å²) in [7, 11) is 0. The van der Waals surface area contributed by atoms with Gasteiger partial charge in [-0.05, 0) is 30.4 Å². The zero-order chi connectivity index (χ0) is 16.4. The van der Waals surface area contributed by atoms with Crippen LogP contribution in [0, 0.1) is 5.92 Å². The molecule has 0 radical (unpaired) electrons. The second kappa shape index (κ2) is 6.81. The van der Waals surface area contributed by atoms with Crippen LogP contribution in [0.5, 0.6) is 0 Å². The van der Waals surface area contributed by atoms with E-state index in [0.717, 1.165) is 45.6 Å². The van der Waals surface area contributed by atoms with Gasteiger partial charge in [-0.1, -0.05) is 30.3 Å². The Hall–Kier alpha value is -2.07. The lowest BCUT2D eigenvalue weighted by molar-refractivity contribution is -0.132. The third-order valence-electron chi connectivity index (χ3n) is 5.22. The lowest BCUT2D eigenvalue weighted by Gasteiger charge is -2.22. The first-order chi connectivity index (χ1) is 11.8. The smallest absolute Gasteiger partial charge is 0.226 e. The summed E-state index contributed by atoms with van der Waals surface area (Å²) in [6, 6.07) is 12.5. The van der Waals surface area contributed by atoms with Crippen molar-refractivity contribution < 1.29 is 9.21 Å². The number of furan rings is 1. The van der Waals surface area contributed by atoms with E-state index in [0.29, 0.717) is 11.8 Å². The van der Waals surface area contributed by atoms with Crippen molar-refractivity contribution in [3.05, 3.63) is 60.1 Å². The highest BCUT2D eigenvalue weighted by atomic mass is 16.3. The van der Waals surface area contributed by atoms with Gasteiger partial charge in [-0.15, -0.1) is 0 Å². The normalized spacial score (nSPS) is 24.6. The summed E-state index contributed by atoms with van der Waals surface area (Å²) >= 11 is 0. The minimum atomic E-state index is 0.202. The zero-order valence-electron chi connectivity index (χ0n) is 13.9. The Bertz CT molecular complexity index is 668. The molecule has 1 saturated heterocycles. The number of hydrogen-bond acceptors (Lipinski definition) is 3. The summed E-state index contributed by atoms with van der Waals surface area (Å²) in [6.45, 7) is 4.63. The fourth-order valence-corrected chi connectivity index (χ4v) is 3.76. The fourth-order valence-electron chi connectivity index (χ4n) is 3.76. The molecule has 1 aliphatic heterocycles. The van der Waals surface area contributed by atoms with Crippen LogP contribution in [0.15, 0.2) is 53.3 Å². The van der Waals surface area contributed by atoms with E-state index < -0.39 is 0 Å². The molecule has 1 saturated carbocycles. The van der Waals surface area contributed by atoms with Crippen molar-refractivity contribution in [2.45, 2.75) is 25.3 Å². The molecule has 0 unspecified atom stereocenters. The molecule has 1 aliphatic carbocycles. The largest absolute Gasteiger partial charge is 0.472 e. The van der Waals surface area contributed by atoms with Crippen LogP contribution < -0.4 is 0 Å². The Kier molecular flexibility index (Phi) is 4.39. The summed E-state index contributed by atoms with van der Waals surface area (Å²) in [5, 5.41) is 0. The maximum Gasteiger partial charge on any atom is 0.226 e. The van der Waals surface area contributed by atoms with Crippen LogP contribution in [-0.2, 0) is 11.3 Å². The molecule has 2 aromatic rings. The van der Waals surface area contributed by atoms with Crippen molar-refractivity contribution in [1.29, 1.82) is 0 Å². The molecule has 0 bridgehead atoms. The molecule has 0 spiro atoms. The maximum absolute atomic E-state index is 12.8. The highest BCUT2D eigenvalue weighted by Crippen LogP contribution is 2.48. The molecule has 1 aromatic carbocycles. The molecule has 1 amide bonds. The molecular weight excluding hydrogens is 300 g/mol. The molecule has 24 heavy (non-hydrogen) atoms. The topological polar surface area (TPSA) is 36.7 Å². The van der Waals surface area contributed by atoms with Crippen LogP contribution in [0.3, 0.4) is 0 Å². The molecule has 2 fully saturated rings. The van der Waals surface area contributed by atoms with Crippen LogP contribution in [0.25, 0.3) is 0 Å². The van der Waals surface area contributed by atoms with E-state index in [1.807, 2.05) is 18.4 Å². The number of hydrogen-bond donors (Lipinski definition) is 0. The van der Waals surface area contributed by atoms with Crippen LogP contribution >= 0.6 is 0 Å². The Morgan fingerprint density at radius 3 is 2.75 bits per heavy atom. The summed E-state index contributed by atoms with van der Waals surface area (Å²) in [5.74, 6) is 0.992. The van der Waals surface area contributed by atoms with Crippen molar-refractivity contribution in [2.75, 3.05) is 26.2 Å². The first kappa shape index (κ1) is 15.5. The minimum absolute atomic E-state index is 0.202. The number of amides is 1. The highest BCUT2D eigenvalue weighted by molar-refractivity contribution is 5.83. The van der Waals surface area contributed by atoms with Crippen LogP contribution in [0.4, 0.5) is 0 Å². The molecule has 126 valence electrons. The standard InChI is InChI=1S/C20H24N2O2/c23-20(19-13-18(19)17-5-2-1-3-6-17)22-9-4-8-21(10-11-22)14-16-7-12-24-15-16/h1-3,5-7,12,15,18-19H,4,8-11,13-14H2/t18-,19+/m0/s1. The zero-order valence-corrected chi connectivity index (χ0v) is 13.9. The van der Waals surface area contributed by atoms with E-state index in [1.54, 1.807) is 6.26 Å². The first-order valence-electron chi connectivity index (χ1n) is 8.88. The predicted molar refractivity (Wildman–Crippen MR) is 92.5 cm³/mol. The number of rotatable bonds is 4. The van der Waals surface area contributed by atoms with Gasteiger partial charge in [-0.3, -0.25) is 9.69 Å². The van der Waals surface area contributed by atoms with E-state index in [4.69, 9.17) is 4.42 Å². The van der Waals surface area contributed by atoms with Gasteiger partial charge >= 0.3 is 0 Å². The molecule has 4 nitrogen and oxygen atoms in total. The predicted octanol–water partition coefficient (Wildman–Crippen LogP) is 3.12. The van der Waals surface area contributed by atoms with E-state index in [2.05, 4.69) is 34.1 Å². The fraction of sp³-hybridized carbons (Fsp3) is 0.450. The Morgan fingerprint density at radius 2 is 1.96 bits per heavy atom. The molecule has 1 aromatic heterocycles. The molecule has 4 heteroatoms. The van der Waals surface area contributed by atoms with Crippen molar-refractivity contribution in [1.82, 2.24) is 9.80 Å². The van der Waals surface area contributed by atoms with E-state index >= 15 is 0 Å². The SMILES string of the molecule is O=C([C@@H]1C[C@H]1c1ccccc1)N1CCCN(Cc2ccoc2)CC1. The third-order valence-corrected chi connectivity index (χ3v) is 5.22. The van der Waals surface area contributed by atoms with Crippen LogP contribution in [0.1, 0.15) is 29.9 Å². The van der Waals surface area contributed by atoms with Crippen molar-refractivity contribution in [2.24, 2.45) is 5.92 Å². The summed E-state index contributed by atoms with van der Waals surface area (Å²) < 4.78 is 5.15. The van der Waals surface area contributed by atoms with Gasteiger partial charge < -0.3 is 9.32 Å². The summed E-state index contributed by atoms with van der Waals surface area (Å²) in [5.41, 5.74) is 2.52. The van der Waals surface area contributed by atoms with Gasteiger partial charge in [0.1, 0.15) is 0 Å². The van der Waals surface area contributed by atoms with E-state index in [1.165, 1.54) is 11.1 Å². The van der Waals surface area contributed by atoms with Gasteiger partial charge in [0.15, 0.2) is 0 Å². The van der Waals surface area contributed by atoms with Gasteiger partial charge in [0.2, 0.25) is 5.91 Å². The van der Waals surface area contributed by atoms with Crippen molar-refractivity contribution in [3.8, 4) is 0 Å². The number of carbonyl (C=O) groups is 1. The monoisotopic (exact) mass is 324 g/mol. The van der Waals surface area contributed by atoms with E-state index in [9.17, 15) is 4.79 Å². The summed E-state index contributed by atoms with van der Waals surface area (Å²) in [4.78, 5) is 17.3. The lowest BCUT2D eigenvalue weighted by Crippen LogP contribution is -2.36.